The number of benzene rings is 1. The Bertz CT molecular complexity index is 324. The highest BCUT2D eigenvalue weighted by Gasteiger charge is 2.02. The molecule has 3 nitrogen and oxygen atoms in total. The van der Waals surface area contributed by atoms with Gasteiger partial charge in [0, 0.05) is 32.8 Å². The van der Waals surface area contributed by atoms with E-state index in [1.807, 2.05) is 0 Å². The van der Waals surface area contributed by atoms with Gasteiger partial charge in [0.1, 0.15) is 0 Å². The van der Waals surface area contributed by atoms with E-state index in [0.717, 1.165) is 26.2 Å². The molecule has 0 heterocycles. The van der Waals surface area contributed by atoms with E-state index >= 15 is 0 Å². The van der Waals surface area contributed by atoms with E-state index in [1.54, 1.807) is 7.11 Å². The number of ether oxygens (including phenoxy) is 1. The van der Waals surface area contributed by atoms with E-state index in [0.29, 0.717) is 6.04 Å². The van der Waals surface area contributed by atoms with E-state index < -0.39 is 0 Å². The van der Waals surface area contributed by atoms with Crippen molar-refractivity contribution in [1.82, 2.24) is 10.2 Å². The number of hydrogen-bond donors (Lipinski definition) is 1. The summed E-state index contributed by atoms with van der Waals surface area (Å²) in [6.45, 7) is 8.06. The Kier molecular flexibility index (Phi) is 6.94. The average molecular weight is 250 g/mol. The van der Waals surface area contributed by atoms with Crippen LogP contribution in [0.3, 0.4) is 0 Å². The fraction of sp³-hybridized carbons (Fsp3) is 0.600. The van der Waals surface area contributed by atoms with Gasteiger partial charge in [0.05, 0.1) is 6.61 Å². The minimum absolute atomic E-state index is 0.419. The molecule has 1 unspecified atom stereocenters. The average Bonchev–Trinajstić information content (AvgIpc) is 2.32. The first-order valence-corrected chi connectivity index (χ1v) is 6.58. The second kappa shape index (κ2) is 8.25. The molecule has 0 saturated carbocycles. The summed E-state index contributed by atoms with van der Waals surface area (Å²) in [4.78, 5) is 2.33. The molecule has 0 aliphatic rings. The van der Waals surface area contributed by atoms with Gasteiger partial charge in [0.2, 0.25) is 0 Å². The molecule has 1 atom stereocenters. The quantitative estimate of drug-likeness (QED) is 0.764. The van der Waals surface area contributed by atoms with Crippen molar-refractivity contribution in [3.05, 3.63) is 35.4 Å². The normalized spacial score (nSPS) is 12.9. The van der Waals surface area contributed by atoms with E-state index in [1.165, 1.54) is 11.1 Å². The minimum atomic E-state index is 0.419. The molecule has 1 aromatic carbocycles. The molecule has 0 aliphatic heterocycles. The van der Waals surface area contributed by atoms with E-state index in [4.69, 9.17) is 4.74 Å². The number of nitrogens with one attached hydrogen (secondary N) is 1. The third-order valence-corrected chi connectivity index (χ3v) is 2.98. The molecule has 18 heavy (non-hydrogen) atoms. The molecule has 0 aliphatic carbocycles. The summed E-state index contributed by atoms with van der Waals surface area (Å²) in [5, 5.41) is 3.44. The maximum Gasteiger partial charge on any atom is 0.0613 e. The lowest BCUT2D eigenvalue weighted by molar-refractivity contribution is 0.170. The van der Waals surface area contributed by atoms with Gasteiger partial charge in [0.25, 0.3) is 0 Å². The second-order valence-electron chi connectivity index (χ2n) is 5.03. The van der Waals surface area contributed by atoms with Crippen molar-refractivity contribution in [2.75, 3.05) is 33.9 Å². The Morgan fingerprint density at radius 3 is 2.56 bits per heavy atom. The summed E-state index contributed by atoms with van der Waals surface area (Å²) >= 11 is 0. The van der Waals surface area contributed by atoms with Gasteiger partial charge in [-0.15, -0.1) is 0 Å². The monoisotopic (exact) mass is 250 g/mol. The molecular weight excluding hydrogens is 224 g/mol. The summed E-state index contributed by atoms with van der Waals surface area (Å²) in [6.07, 6.45) is 0. The fourth-order valence-electron chi connectivity index (χ4n) is 1.89. The van der Waals surface area contributed by atoms with E-state index in [-0.39, 0.29) is 0 Å². The molecule has 1 rings (SSSR count). The smallest absolute Gasteiger partial charge is 0.0613 e. The van der Waals surface area contributed by atoms with Crippen LogP contribution in [0, 0.1) is 6.92 Å². The lowest BCUT2D eigenvalue weighted by Crippen LogP contribution is -2.36. The van der Waals surface area contributed by atoms with Gasteiger partial charge in [-0.1, -0.05) is 29.8 Å². The Hall–Kier alpha value is -0.900. The van der Waals surface area contributed by atoms with Crippen molar-refractivity contribution >= 4 is 0 Å². The molecule has 102 valence electrons. The summed E-state index contributed by atoms with van der Waals surface area (Å²) < 4.78 is 5.09. The van der Waals surface area contributed by atoms with Crippen LogP contribution in [0.25, 0.3) is 0 Å². The predicted molar refractivity (Wildman–Crippen MR) is 76.9 cm³/mol. The maximum atomic E-state index is 5.09. The zero-order valence-electron chi connectivity index (χ0n) is 12.1. The van der Waals surface area contributed by atoms with Crippen molar-refractivity contribution in [2.45, 2.75) is 26.4 Å². The van der Waals surface area contributed by atoms with Crippen LogP contribution in [0.15, 0.2) is 24.3 Å². The van der Waals surface area contributed by atoms with Crippen LogP contribution in [0.2, 0.25) is 0 Å². The molecule has 0 spiro atoms. The number of nitrogens with zero attached hydrogens (tertiary/aromatic N) is 1. The highest BCUT2D eigenvalue weighted by molar-refractivity contribution is 5.21. The van der Waals surface area contributed by atoms with Crippen LogP contribution in [-0.2, 0) is 11.3 Å². The fourth-order valence-corrected chi connectivity index (χ4v) is 1.89. The van der Waals surface area contributed by atoms with Gasteiger partial charge < -0.3 is 15.0 Å². The first-order valence-electron chi connectivity index (χ1n) is 6.58. The zero-order chi connectivity index (χ0) is 13.4. The molecule has 0 saturated heterocycles. The summed E-state index contributed by atoms with van der Waals surface area (Å²) in [6, 6.07) is 9.16. The second-order valence-corrected chi connectivity index (χ2v) is 5.03. The van der Waals surface area contributed by atoms with Crippen LogP contribution in [0.4, 0.5) is 0 Å². The van der Waals surface area contributed by atoms with Gasteiger partial charge in [-0.05, 0) is 26.5 Å². The molecule has 0 aromatic heterocycles. The molecule has 1 aromatic rings. The van der Waals surface area contributed by atoms with Gasteiger partial charge in [-0.25, -0.2) is 0 Å². The maximum absolute atomic E-state index is 5.09. The lowest BCUT2D eigenvalue weighted by atomic mass is 10.1. The van der Waals surface area contributed by atoms with Gasteiger partial charge >= 0.3 is 0 Å². The third-order valence-electron chi connectivity index (χ3n) is 2.98. The Morgan fingerprint density at radius 2 is 1.94 bits per heavy atom. The predicted octanol–water partition coefficient (Wildman–Crippen LogP) is 2.05. The van der Waals surface area contributed by atoms with Crippen molar-refractivity contribution in [1.29, 1.82) is 0 Å². The first-order chi connectivity index (χ1) is 8.61. The standard InChI is InChI=1S/C15H26N2O/c1-13-5-7-15(8-6-13)11-17(3)10-9-16-14(2)12-18-4/h5-8,14,16H,9-12H2,1-4H3. The molecule has 0 bridgehead atoms. The topological polar surface area (TPSA) is 24.5 Å². The van der Waals surface area contributed by atoms with Crippen LogP contribution < -0.4 is 5.32 Å². The van der Waals surface area contributed by atoms with Crippen molar-refractivity contribution < 1.29 is 4.74 Å². The number of aryl methyl sites for hydroxylation is 1. The molecule has 1 N–H and O–H groups in total. The molecule has 0 radical (unpaired) electrons. The molecule has 0 amide bonds. The van der Waals surface area contributed by atoms with Gasteiger partial charge in [0.15, 0.2) is 0 Å². The van der Waals surface area contributed by atoms with Crippen LogP contribution >= 0.6 is 0 Å². The largest absolute Gasteiger partial charge is 0.383 e. The number of likely N-dealkylation sites (N-methyl/N-ethyl adjacent to an activating group) is 1. The Balaban J connectivity index is 2.21. The summed E-state index contributed by atoms with van der Waals surface area (Å²) in [5.74, 6) is 0. The number of methoxy groups -OCH3 is 1. The zero-order valence-corrected chi connectivity index (χ0v) is 12.1. The minimum Gasteiger partial charge on any atom is -0.383 e. The number of rotatable bonds is 8. The van der Waals surface area contributed by atoms with Crippen LogP contribution in [0.5, 0.6) is 0 Å². The highest BCUT2D eigenvalue weighted by atomic mass is 16.5. The Morgan fingerprint density at radius 1 is 1.28 bits per heavy atom. The first kappa shape index (κ1) is 15.2. The Labute approximate surface area is 111 Å². The molecular formula is C15H26N2O. The SMILES string of the molecule is COCC(C)NCCN(C)Cc1ccc(C)cc1. The lowest BCUT2D eigenvalue weighted by Gasteiger charge is -2.19. The number of hydrogen-bond acceptors (Lipinski definition) is 3. The van der Waals surface area contributed by atoms with Crippen LogP contribution in [0.1, 0.15) is 18.1 Å². The molecule has 0 fully saturated rings. The van der Waals surface area contributed by atoms with Crippen molar-refractivity contribution in [3.63, 3.8) is 0 Å². The van der Waals surface area contributed by atoms with E-state index in [9.17, 15) is 0 Å². The summed E-state index contributed by atoms with van der Waals surface area (Å²) in [7, 11) is 3.89. The van der Waals surface area contributed by atoms with Crippen molar-refractivity contribution in [2.24, 2.45) is 0 Å². The summed E-state index contributed by atoms with van der Waals surface area (Å²) in [5.41, 5.74) is 2.68. The van der Waals surface area contributed by atoms with E-state index in [2.05, 4.69) is 55.4 Å². The van der Waals surface area contributed by atoms with Gasteiger partial charge in [-0.2, -0.15) is 0 Å². The van der Waals surface area contributed by atoms with Gasteiger partial charge in [-0.3, -0.25) is 0 Å². The third kappa shape index (κ3) is 6.15. The highest BCUT2D eigenvalue weighted by Crippen LogP contribution is 2.05. The molecule has 3 heteroatoms. The van der Waals surface area contributed by atoms with Crippen molar-refractivity contribution in [3.8, 4) is 0 Å². The van der Waals surface area contributed by atoms with Crippen LogP contribution in [-0.4, -0.2) is 44.8 Å².